The molecule has 254 valence electrons. The monoisotopic (exact) mass is 646 g/mol. The molecule has 6 N–H and O–H groups in total. The van der Waals surface area contributed by atoms with Crippen LogP contribution in [0.25, 0.3) is 22.1 Å². The van der Waals surface area contributed by atoms with Crippen LogP contribution in [0.4, 0.5) is 11.4 Å². The Morgan fingerprint density at radius 3 is 1.49 bits per heavy atom. The van der Waals surface area contributed by atoms with Gasteiger partial charge in [-0.25, -0.2) is 9.97 Å². The molecule has 0 atom stereocenters. The summed E-state index contributed by atoms with van der Waals surface area (Å²) in [6, 6.07) is 15.9. The largest absolute Gasteiger partial charge is 0.469 e. The zero-order chi connectivity index (χ0) is 36.3. The van der Waals surface area contributed by atoms with Gasteiger partial charge in [-0.2, -0.15) is 0 Å². The Hall–Kier alpha value is -5.32. The molecule has 47 heavy (non-hydrogen) atoms. The van der Waals surface area contributed by atoms with Gasteiger partial charge in [0.05, 0.1) is 40.6 Å². The first-order valence-electron chi connectivity index (χ1n) is 15.6. The number of fused-ring (bicyclic) bond motifs is 2. The van der Waals surface area contributed by atoms with Gasteiger partial charge in [0.15, 0.2) is 17.3 Å². The number of aryl methyl sites for hydroxylation is 2. The number of hydrogen-bond acceptors (Lipinski definition) is 9. The van der Waals surface area contributed by atoms with Gasteiger partial charge in [-0.15, -0.1) is 0 Å². The Morgan fingerprint density at radius 2 is 1.06 bits per heavy atom. The first-order valence-corrected chi connectivity index (χ1v) is 15.6. The number of imidazole rings is 2. The fourth-order valence-electron chi connectivity index (χ4n) is 4.01. The maximum absolute atomic E-state index is 11.9. The van der Waals surface area contributed by atoms with Crippen LogP contribution in [0.5, 0.6) is 0 Å². The second kappa shape index (κ2) is 21.4. The molecule has 11 nitrogen and oxygen atoms in total. The van der Waals surface area contributed by atoms with E-state index >= 15 is 0 Å². The van der Waals surface area contributed by atoms with Crippen molar-refractivity contribution >= 4 is 56.8 Å². The summed E-state index contributed by atoms with van der Waals surface area (Å²) >= 11 is 0. The number of rotatable bonds is 5. The van der Waals surface area contributed by atoms with Crippen molar-refractivity contribution in [2.24, 2.45) is 0 Å². The summed E-state index contributed by atoms with van der Waals surface area (Å²) in [4.78, 5) is 59.7. The lowest BCUT2D eigenvalue weighted by molar-refractivity contribution is -0.139. The van der Waals surface area contributed by atoms with Crippen LogP contribution in [0.3, 0.4) is 0 Å². The number of aromatic amines is 2. The lowest BCUT2D eigenvalue weighted by atomic mass is 10.1. The number of nitrogens with one attached hydrogen (secondary N) is 2. The fourth-order valence-corrected chi connectivity index (χ4v) is 4.01. The zero-order valence-corrected chi connectivity index (χ0v) is 29.5. The van der Waals surface area contributed by atoms with E-state index < -0.39 is 5.97 Å². The molecular formula is C36H50N6O5. The van der Waals surface area contributed by atoms with Crippen molar-refractivity contribution in [3.8, 4) is 0 Å². The first-order chi connectivity index (χ1) is 22.4. The molecule has 5 rings (SSSR count). The van der Waals surface area contributed by atoms with Crippen molar-refractivity contribution in [2.75, 3.05) is 18.6 Å². The predicted octanol–water partition coefficient (Wildman–Crippen LogP) is 7.82. The molecule has 0 aliphatic rings. The molecule has 0 aliphatic heterocycles. The number of benzene rings is 3. The van der Waals surface area contributed by atoms with Crippen LogP contribution >= 0.6 is 0 Å². The summed E-state index contributed by atoms with van der Waals surface area (Å²) in [6.45, 7) is 18.7. The highest BCUT2D eigenvalue weighted by Gasteiger charge is 2.16. The molecule has 0 saturated heterocycles. The topological polar surface area (TPSA) is 187 Å². The second-order valence-electron chi connectivity index (χ2n) is 9.14. The Bertz CT molecular complexity index is 1750. The average molecular weight is 647 g/mol. The smallest absolute Gasteiger partial charge is 0.313 e. The van der Waals surface area contributed by atoms with E-state index in [9.17, 15) is 19.2 Å². The van der Waals surface area contributed by atoms with Gasteiger partial charge in [-0.3, -0.25) is 19.2 Å². The lowest BCUT2D eigenvalue weighted by Gasteiger charge is -2.03. The van der Waals surface area contributed by atoms with Crippen LogP contribution in [0, 0.1) is 13.8 Å². The molecule has 0 fully saturated rings. The highest BCUT2D eigenvalue weighted by molar-refractivity contribution is 6.12. The number of ether oxygens (including phenoxy) is 1. The summed E-state index contributed by atoms with van der Waals surface area (Å²) in [6.07, 6.45) is -0.262. The van der Waals surface area contributed by atoms with Crippen LogP contribution in [-0.2, 0) is 9.53 Å². The van der Waals surface area contributed by atoms with Gasteiger partial charge < -0.3 is 26.2 Å². The highest BCUT2D eigenvalue weighted by Crippen LogP contribution is 2.20. The van der Waals surface area contributed by atoms with E-state index in [0.717, 1.165) is 28.2 Å². The number of para-hydroxylation sites is 3. The van der Waals surface area contributed by atoms with E-state index in [1.807, 2.05) is 73.6 Å². The Kier molecular flexibility index (Phi) is 19.0. The third-order valence-corrected chi connectivity index (χ3v) is 5.99. The zero-order valence-electron chi connectivity index (χ0n) is 29.5. The predicted molar refractivity (Wildman–Crippen MR) is 192 cm³/mol. The molecule has 11 heteroatoms. The van der Waals surface area contributed by atoms with Crippen molar-refractivity contribution in [3.05, 3.63) is 82.9 Å². The maximum Gasteiger partial charge on any atom is 0.313 e. The van der Waals surface area contributed by atoms with Crippen molar-refractivity contribution in [3.63, 3.8) is 0 Å². The number of ketones is 3. The van der Waals surface area contributed by atoms with Gasteiger partial charge in [0.1, 0.15) is 18.1 Å². The Morgan fingerprint density at radius 1 is 0.660 bits per heavy atom. The summed E-state index contributed by atoms with van der Waals surface area (Å²) in [5.41, 5.74) is 16.5. The normalized spacial score (nSPS) is 9.34. The molecular weight excluding hydrogens is 596 g/mol. The van der Waals surface area contributed by atoms with Crippen LogP contribution in [0.15, 0.2) is 54.6 Å². The fraction of sp³-hybridized carbons (Fsp3) is 0.333. The molecule has 0 bridgehead atoms. The van der Waals surface area contributed by atoms with E-state index in [1.165, 1.54) is 14.0 Å². The third-order valence-electron chi connectivity index (χ3n) is 5.99. The third kappa shape index (κ3) is 12.2. The molecule has 2 aromatic heterocycles. The maximum atomic E-state index is 11.9. The number of methoxy groups -OCH3 is 1. The quantitative estimate of drug-likeness (QED) is 0.0639. The number of hydrogen-bond donors (Lipinski definition) is 4. The van der Waals surface area contributed by atoms with Crippen LogP contribution in [-0.4, -0.2) is 50.4 Å². The Labute approximate surface area is 277 Å². The summed E-state index contributed by atoms with van der Waals surface area (Å²) in [5.74, 6) is 0.738. The molecule has 0 unspecified atom stereocenters. The molecule has 0 spiro atoms. The van der Waals surface area contributed by atoms with Crippen LogP contribution in [0.2, 0.25) is 0 Å². The van der Waals surface area contributed by atoms with Gasteiger partial charge in [-0.1, -0.05) is 59.7 Å². The second-order valence-corrected chi connectivity index (χ2v) is 9.14. The number of H-pyrrole nitrogens is 2. The number of nitrogens with zero attached hydrogens (tertiary/aromatic N) is 2. The van der Waals surface area contributed by atoms with E-state index in [-0.39, 0.29) is 23.8 Å². The molecule has 5 aromatic rings. The minimum atomic E-state index is -0.542. The molecule has 2 heterocycles. The number of nitrogens with two attached hydrogens (primary N) is 2. The number of anilines is 2. The molecule has 0 saturated carbocycles. The SMILES string of the molecule is CC.CC.CC.CC(=O)c1cccc(N)c1N.CC(=O)c1cccc2[nH]c(C)nc12.COC(=O)CC(=O)c1cccc2[nH]c(C)nc12. The highest BCUT2D eigenvalue weighted by atomic mass is 16.5. The Balaban J connectivity index is 0.000000637. The number of aromatic nitrogens is 4. The molecule has 0 amide bonds. The van der Waals surface area contributed by atoms with E-state index in [0.29, 0.717) is 33.6 Å². The summed E-state index contributed by atoms with van der Waals surface area (Å²) in [7, 11) is 1.26. The van der Waals surface area contributed by atoms with E-state index in [1.54, 1.807) is 43.3 Å². The van der Waals surface area contributed by atoms with Crippen molar-refractivity contribution < 1.29 is 23.9 Å². The van der Waals surface area contributed by atoms with Gasteiger partial charge in [0.25, 0.3) is 0 Å². The lowest BCUT2D eigenvalue weighted by Crippen LogP contribution is -2.09. The summed E-state index contributed by atoms with van der Waals surface area (Å²) < 4.78 is 4.47. The van der Waals surface area contributed by atoms with Crippen LogP contribution in [0.1, 0.15) is 105 Å². The van der Waals surface area contributed by atoms with Gasteiger partial charge in [-0.05, 0) is 64.1 Å². The van der Waals surface area contributed by atoms with Crippen molar-refractivity contribution in [1.29, 1.82) is 0 Å². The minimum Gasteiger partial charge on any atom is -0.469 e. The van der Waals surface area contributed by atoms with Crippen LogP contribution < -0.4 is 11.5 Å². The standard InChI is InChI=1S/C12H12N2O3.C10H10N2O.C8H10N2O.3C2H6/c1-7-13-9-5-3-4-8(12(9)14-7)10(15)6-11(16)17-2;1-6(13)8-4-3-5-9-10(8)12-7(2)11-9;1-5(11)6-3-2-4-7(9)8(6)10;3*1-2/h3-5H,6H2,1-2H3,(H,13,14);3-5H,1-2H3,(H,11,12);2-4H,9-10H2,1H3;3*1-2H3. The number of nitrogen functional groups attached to an aromatic ring is 2. The minimum absolute atomic E-state index is 0.0529. The van der Waals surface area contributed by atoms with Crippen molar-refractivity contribution in [1.82, 2.24) is 19.9 Å². The number of esters is 1. The van der Waals surface area contributed by atoms with Gasteiger partial charge in [0, 0.05) is 16.7 Å². The van der Waals surface area contributed by atoms with E-state index in [2.05, 4.69) is 24.7 Å². The molecule has 0 radical (unpaired) electrons. The average Bonchev–Trinajstić information content (AvgIpc) is 3.65. The van der Waals surface area contributed by atoms with E-state index in [4.69, 9.17) is 11.5 Å². The molecule has 0 aliphatic carbocycles. The summed E-state index contributed by atoms with van der Waals surface area (Å²) in [5, 5.41) is 0. The number of carbonyl (C=O) groups excluding carboxylic acids is 4. The number of Topliss-reactive ketones (excluding diaryl/α,β-unsaturated/α-hetero) is 3. The molecule has 3 aromatic carbocycles. The van der Waals surface area contributed by atoms with Crippen molar-refractivity contribution in [2.45, 2.75) is 75.7 Å². The number of carbonyl (C=O) groups is 4. The first kappa shape index (κ1) is 41.7. The van der Waals surface area contributed by atoms with Gasteiger partial charge in [0.2, 0.25) is 0 Å². The van der Waals surface area contributed by atoms with Gasteiger partial charge >= 0.3 is 5.97 Å².